The highest BCUT2D eigenvalue weighted by Crippen LogP contribution is 2.02. The van der Waals surface area contributed by atoms with E-state index in [0.717, 1.165) is 0 Å². The zero-order valence-corrected chi connectivity index (χ0v) is 8.86. The fraction of sp³-hybridized carbons (Fsp3) is 0.857. The number of hydrogen-bond acceptors (Lipinski definition) is 3. The van der Waals surface area contributed by atoms with Crippen molar-refractivity contribution in [2.45, 2.75) is 6.42 Å². The van der Waals surface area contributed by atoms with Crippen LogP contribution in [0.3, 0.4) is 0 Å². The Kier molecular flexibility index (Phi) is 4.15. The van der Waals surface area contributed by atoms with E-state index in [1.54, 1.807) is 0 Å². The summed E-state index contributed by atoms with van der Waals surface area (Å²) in [5, 5.41) is 3.07. The lowest BCUT2D eigenvalue weighted by Gasteiger charge is -2.15. The summed E-state index contributed by atoms with van der Waals surface area (Å²) in [5.41, 5.74) is 0. The van der Waals surface area contributed by atoms with Gasteiger partial charge in [0.25, 0.3) is 5.91 Å². The smallest absolute Gasteiger partial charge is 0.254 e. The molecule has 0 aromatic rings. The van der Waals surface area contributed by atoms with Gasteiger partial charge in [-0.1, -0.05) is 0 Å². The third kappa shape index (κ3) is 3.62. The van der Waals surface area contributed by atoms with Crippen LogP contribution in [0.15, 0.2) is 4.36 Å². The molecular weight excluding hydrogens is 212 g/mol. The predicted molar refractivity (Wildman–Crippen MR) is 53.5 cm³/mol. The van der Waals surface area contributed by atoms with E-state index in [2.05, 4.69) is 9.68 Å². The minimum atomic E-state index is -2.26. The first-order valence-corrected chi connectivity index (χ1v) is 6.57. The van der Waals surface area contributed by atoms with Crippen molar-refractivity contribution in [2.75, 3.05) is 30.5 Å². The fourth-order valence-corrected chi connectivity index (χ4v) is 3.03. The first kappa shape index (κ1) is 10.9. The Bertz CT molecular complexity index is 285. The van der Waals surface area contributed by atoms with Crippen molar-refractivity contribution < 1.29 is 9.00 Å². The average molecular weight is 225 g/mol. The standard InChI is InChI=1S/C7H13ClN2O2S/c8-2-1-7(11)10-13(12)5-3-9-4-6-13/h9H,1-6H2. The number of alkyl halides is 1. The van der Waals surface area contributed by atoms with Crippen molar-refractivity contribution in [3.8, 4) is 0 Å². The number of hydrogen-bond donors (Lipinski definition) is 1. The number of carbonyl (C=O) groups is 1. The molecule has 0 unspecified atom stereocenters. The fourth-order valence-electron chi connectivity index (χ4n) is 1.09. The highest BCUT2D eigenvalue weighted by molar-refractivity contribution is 7.94. The molecule has 6 heteroatoms. The van der Waals surface area contributed by atoms with Crippen LogP contribution in [0, 0.1) is 0 Å². The van der Waals surface area contributed by atoms with E-state index in [-0.39, 0.29) is 18.2 Å². The van der Waals surface area contributed by atoms with Crippen LogP contribution < -0.4 is 5.32 Å². The van der Waals surface area contributed by atoms with Crippen LogP contribution >= 0.6 is 11.6 Å². The van der Waals surface area contributed by atoms with Crippen molar-refractivity contribution in [2.24, 2.45) is 4.36 Å². The Balaban J connectivity index is 2.66. The molecule has 0 atom stereocenters. The van der Waals surface area contributed by atoms with Crippen LogP contribution in [0.5, 0.6) is 0 Å². The SMILES string of the molecule is O=C(CCCl)N=S1(=O)CCNCC1. The predicted octanol–water partition coefficient (Wildman–Crippen LogP) is 0.213. The largest absolute Gasteiger partial charge is 0.315 e. The van der Waals surface area contributed by atoms with E-state index in [1.807, 2.05) is 0 Å². The van der Waals surface area contributed by atoms with E-state index < -0.39 is 9.73 Å². The molecule has 1 aliphatic heterocycles. The molecule has 76 valence electrons. The van der Waals surface area contributed by atoms with Crippen LogP contribution in [-0.2, 0) is 14.5 Å². The Morgan fingerprint density at radius 2 is 2.08 bits per heavy atom. The second kappa shape index (κ2) is 4.93. The highest BCUT2D eigenvalue weighted by atomic mass is 35.5. The molecule has 0 bridgehead atoms. The average Bonchev–Trinajstić information content (AvgIpc) is 2.04. The molecule has 0 saturated carbocycles. The molecule has 1 heterocycles. The minimum Gasteiger partial charge on any atom is -0.315 e. The van der Waals surface area contributed by atoms with Crippen LogP contribution in [0.25, 0.3) is 0 Å². The van der Waals surface area contributed by atoms with Crippen molar-refractivity contribution in [3.05, 3.63) is 0 Å². The van der Waals surface area contributed by atoms with Crippen molar-refractivity contribution in [1.29, 1.82) is 0 Å². The maximum Gasteiger partial charge on any atom is 0.254 e. The molecule has 1 rings (SSSR count). The molecule has 4 nitrogen and oxygen atoms in total. The molecule has 1 amide bonds. The maximum absolute atomic E-state index is 11.8. The molecule has 0 aliphatic carbocycles. The Labute approximate surface area is 83.2 Å². The lowest BCUT2D eigenvalue weighted by atomic mass is 10.5. The molecule has 13 heavy (non-hydrogen) atoms. The van der Waals surface area contributed by atoms with Gasteiger partial charge in [-0.2, -0.15) is 4.36 Å². The lowest BCUT2D eigenvalue weighted by molar-refractivity contribution is -0.117. The number of nitrogens with zero attached hydrogens (tertiary/aromatic N) is 1. The van der Waals surface area contributed by atoms with Gasteiger partial charge in [0.05, 0.1) is 9.73 Å². The summed E-state index contributed by atoms with van der Waals surface area (Å²) in [7, 11) is -2.26. The van der Waals surface area contributed by atoms with Crippen molar-refractivity contribution in [1.82, 2.24) is 5.32 Å². The van der Waals surface area contributed by atoms with Crippen LogP contribution in [0.1, 0.15) is 6.42 Å². The normalized spacial score (nSPS) is 21.0. The molecule has 1 fully saturated rings. The van der Waals surface area contributed by atoms with Gasteiger partial charge in [0.15, 0.2) is 0 Å². The van der Waals surface area contributed by atoms with Gasteiger partial charge in [0, 0.05) is 36.9 Å². The molecule has 1 aliphatic rings. The quantitative estimate of drug-likeness (QED) is 0.683. The summed E-state index contributed by atoms with van der Waals surface area (Å²) >= 11 is 5.37. The highest BCUT2D eigenvalue weighted by Gasteiger charge is 2.15. The Hall–Kier alpha value is -0.130. The summed E-state index contributed by atoms with van der Waals surface area (Å²) in [4.78, 5) is 11.1. The van der Waals surface area contributed by atoms with Gasteiger partial charge in [0.1, 0.15) is 0 Å². The molecule has 1 saturated heterocycles. The summed E-state index contributed by atoms with van der Waals surface area (Å²) in [6.45, 7) is 1.35. The number of halogens is 1. The number of carbonyl (C=O) groups excluding carboxylic acids is 1. The third-order valence-corrected chi connectivity index (χ3v) is 4.18. The van der Waals surface area contributed by atoms with Crippen LogP contribution in [0.4, 0.5) is 0 Å². The van der Waals surface area contributed by atoms with E-state index >= 15 is 0 Å². The van der Waals surface area contributed by atoms with Crippen LogP contribution in [0.2, 0.25) is 0 Å². The minimum absolute atomic E-state index is 0.186. The second-order valence-electron chi connectivity index (χ2n) is 2.85. The van der Waals surface area contributed by atoms with Crippen molar-refractivity contribution >= 4 is 27.2 Å². The van der Waals surface area contributed by atoms with Gasteiger partial charge >= 0.3 is 0 Å². The summed E-state index contributed by atoms with van der Waals surface area (Å²) in [6, 6.07) is 0. The van der Waals surface area contributed by atoms with E-state index in [9.17, 15) is 9.00 Å². The Morgan fingerprint density at radius 3 is 2.62 bits per heavy atom. The summed E-state index contributed by atoms with van der Waals surface area (Å²) in [6.07, 6.45) is 0.186. The van der Waals surface area contributed by atoms with Crippen molar-refractivity contribution in [3.63, 3.8) is 0 Å². The number of amides is 1. The first-order chi connectivity index (χ1) is 6.16. The van der Waals surface area contributed by atoms with Gasteiger partial charge in [-0.25, -0.2) is 4.21 Å². The zero-order valence-electron chi connectivity index (χ0n) is 7.29. The molecular formula is C7H13ClN2O2S. The maximum atomic E-state index is 11.8. The monoisotopic (exact) mass is 224 g/mol. The third-order valence-electron chi connectivity index (χ3n) is 1.77. The number of rotatable bonds is 2. The summed E-state index contributed by atoms with van der Waals surface area (Å²) < 4.78 is 15.5. The lowest BCUT2D eigenvalue weighted by Crippen LogP contribution is -2.36. The molecule has 0 aromatic carbocycles. The second-order valence-corrected chi connectivity index (χ2v) is 5.78. The van der Waals surface area contributed by atoms with Gasteiger partial charge in [0.2, 0.25) is 0 Å². The van der Waals surface area contributed by atoms with Gasteiger partial charge in [-0.05, 0) is 0 Å². The Morgan fingerprint density at radius 1 is 1.46 bits per heavy atom. The van der Waals surface area contributed by atoms with Gasteiger partial charge in [-0.3, -0.25) is 4.79 Å². The number of nitrogens with one attached hydrogen (secondary N) is 1. The van der Waals surface area contributed by atoms with E-state index in [4.69, 9.17) is 11.6 Å². The van der Waals surface area contributed by atoms with Gasteiger partial charge in [-0.15, -0.1) is 11.6 Å². The molecule has 0 aromatic heterocycles. The first-order valence-electron chi connectivity index (χ1n) is 4.18. The zero-order chi connectivity index (χ0) is 9.73. The van der Waals surface area contributed by atoms with E-state index in [0.29, 0.717) is 24.6 Å². The van der Waals surface area contributed by atoms with Crippen LogP contribution in [-0.4, -0.2) is 40.6 Å². The molecule has 0 radical (unpaired) electrons. The van der Waals surface area contributed by atoms with E-state index in [1.165, 1.54) is 0 Å². The topological polar surface area (TPSA) is 58.5 Å². The molecule has 1 N–H and O–H groups in total. The van der Waals surface area contributed by atoms with Gasteiger partial charge < -0.3 is 5.32 Å². The molecule has 0 spiro atoms. The summed E-state index contributed by atoms with van der Waals surface area (Å²) in [5.74, 6) is 0.861.